The number of unbranched alkanes of at least 4 members (excludes halogenated alkanes) is 1. The van der Waals surface area contributed by atoms with E-state index in [0.29, 0.717) is 29.1 Å². The number of hydrogen-bond donors (Lipinski definition) is 3. The highest BCUT2D eigenvalue weighted by Gasteiger charge is 2.37. The maximum atomic E-state index is 13.5. The maximum absolute atomic E-state index is 13.5. The fourth-order valence-electron chi connectivity index (χ4n) is 4.19. The monoisotopic (exact) mass is 470 g/mol. The molecule has 35 heavy (non-hydrogen) atoms. The van der Waals surface area contributed by atoms with Crippen LogP contribution in [0.4, 0.5) is 4.39 Å². The Morgan fingerprint density at radius 3 is 2.51 bits per heavy atom. The summed E-state index contributed by atoms with van der Waals surface area (Å²) >= 11 is 0. The lowest BCUT2D eigenvalue weighted by molar-refractivity contribution is 0.309. The van der Waals surface area contributed by atoms with Crippen LogP contribution in [-0.2, 0) is 0 Å². The Morgan fingerprint density at radius 2 is 1.80 bits per heavy atom. The molecule has 0 saturated carbocycles. The fraction of sp³-hybridized carbons (Fsp3) is 0.192. The van der Waals surface area contributed by atoms with E-state index in [1.807, 2.05) is 24.3 Å². The van der Waals surface area contributed by atoms with Crippen molar-refractivity contribution in [3.05, 3.63) is 83.1 Å². The van der Waals surface area contributed by atoms with Crippen LogP contribution < -0.4 is 15.2 Å². The Kier molecular flexibility index (Phi) is 5.94. The van der Waals surface area contributed by atoms with Gasteiger partial charge in [0.05, 0.1) is 35.7 Å². The SMILES string of the molecule is CCCCOc1ccc(-c2[nH]nc3c2[C@H](c2cn[nH]c2-c2ccc(F)cc2)C(C#N)=C(N)O3)cc1. The van der Waals surface area contributed by atoms with Gasteiger partial charge in [-0.05, 0) is 55.0 Å². The van der Waals surface area contributed by atoms with Gasteiger partial charge in [0.15, 0.2) is 0 Å². The number of benzene rings is 2. The molecule has 2 aromatic heterocycles. The van der Waals surface area contributed by atoms with Crippen LogP contribution in [0, 0.1) is 17.1 Å². The summed E-state index contributed by atoms with van der Waals surface area (Å²) in [5.41, 5.74) is 10.6. The molecule has 0 aliphatic carbocycles. The van der Waals surface area contributed by atoms with Gasteiger partial charge in [0.2, 0.25) is 11.8 Å². The summed E-state index contributed by atoms with van der Waals surface area (Å²) < 4.78 is 25.0. The Morgan fingerprint density at radius 1 is 1.09 bits per heavy atom. The third-order valence-corrected chi connectivity index (χ3v) is 5.96. The topological polar surface area (TPSA) is 126 Å². The number of ether oxygens (including phenoxy) is 2. The highest BCUT2D eigenvalue weighted by atomic mass is 19.1. The molecule has 5 rings (SSSR count). The summed E-state index contributed by atoms with van der Waals surface area (Å²) in [7, 11) is 0. The van der Waals surface area contributed by atoms with Gasteiger partial charge in [-0.25, -0.2) is 4.39 Å². The van der Waals surface area contributed by atoms with Gasteiger partial charge in [0, 0.05) is 16.7 Å². The quantitative estimate of drug-likeness (QED) is 0.326. The van der Waals surface area contributed by atoms with Gasteiger partial charge >= 0.3 is 0 Å². The Hall–Kier alpha value is -4.58. The van der Waals surface area contributed by atoms with Crippen molar-refractivity contribution in [3.8, 4) is 40.2 Å². The van der Waals surface area contributed by atoms with Crippen LogP contribution in [-0.4, -0.2) is 27.0 Å². The van der Waals surface area contributed by atoms with Gasteiger partial charge in [-0.3, -0.25) is 10.2 Å². The van der Waals surface area contributed by atoms with Crippen LogP contribution in [0.25, 0.3) is 22.5 Å². The number of hydrogen-bond acceptors (Lipinski definition) is 6. The minimum absolute atomic E-state index is 0.0195. The van der Waals surface area contributed by atoms with Crippen molar-refractivity contribution in [2.75, 3.05) is 6.61 Å². The summed E-state index contributed by atoms with van der Waals surface area (Å²) in [6.07, 6.45) is 3.69. The van der Waals surface area contributed by atoms with Crippen molar-refractivity contribution in [3.63, 3.8) is 0 Å². The smallest absolute Gasteiger partial charge is 0.244 e. The second-order valence-corrected chi connectivity index (χ2v) is 8.18. The van der Waals surface area contributed by atoms with Crippen molar-refractivity contribution >= 4 is 0 Å². The summed E-state index contributed by atoms with van der Waals surface area (Å²) in [5.74, 6) is 0.102. The number of nitrogens with one attached hydrogen (secondary N) is 2. The summed E-state index contributed by atoms with van der Waals surface area (Å²) in [4.78, 5) is 0. The predicted octanol–water partition coefficient (Wildman–Crippen LogP) is 5.00. The molecule has 1 aliphatic heterocycles. The number of nitriles is 1. The Labute approximate surface area is 201 Å². The number of allylic oxidation sites excluding steroid dienone is 1. The van der Waals surface area contributed by atoms with E-state index >= 15 is 0 Å². The molecule has 8 nitrogen and oxygen atoms in total. The van der Waals surface area contributed by atoms with Crippen molar-refractivity contribution in [1.29, 1.82) is 5.26 Å². The second kappa shape index (κ2) is 9.35. The van der Waals surface area contributed by atoms with Crippen molar-refractivity contribution < 1.29 is 13.9 Å². The number of rotatable bonds is 7. The van der Waals surface area contributed by atoms with Crippen LogP contribution in [0.3, 0.4) is 0 Å². The van der Waals surface area contributed by atoms with E-state index in [1.165, 1.54) is 12.1 Å². The Balaban J connectivity index is 1.59. The molecular weight excluding hydrogens is 447 g/mol. The van der Waals surface area contributed by atoms with E-state index < -0.39 is 5.92 Å². The van der Waals surface area contributed by atoms with Crippen molar-refractivity contribution in [2.45, 2.75) is 25.7 Å². The molecule has 1 atom stereocenters. The number of halogens is 1. The molecule has 4 N–H and O–H groups in total. The first-order chi connectivity index (χ1) is 17.1. The average Bonchev–Trinajstić information content (AvgIpc) is 3.52. The van der Waals surface area contributed by atoms with Crippen molar-refractivity contribution in [2.24, 2.45) is 5.73 Å². The van der Waals surface area contributed by atoms with Crippen molar-refractivity contribution in [1.82, 2.24) is 20.4 Å². The van der Waals surface area contributed by atoms with Gasteiger partial charge in [-0.1, -0.05) is 13.3 Å². The number of nitrogens with zero attached hydrogens (tertiary/aromatic N) is 3. The van der Waals surface area contributed by atoms with Crippen LogP contribution >= 0.6 is 0 Å². The molecule has 0 saturated heterocycles. The van der Waals surface area contributed by atoms with Gasteiger partial charge in [-0.2, -0.15) is 10.4 Å². The Bertz CT molecular complexity index is 1410. The molecule has 0 amide bonds. The molecule has 4 aromatic rings. The molecule has 3 heterocycles. The van der Waals surface area contributed by atoms with E-state index in [-0.39, 0.29) is 23.2 Å². The molecule has 1 aliphatic rings. The highest BCUT2D eigenvalue weighted by Crippen LogP contribution is 2.47. The van der Waals surface area contributed by atoms with E-state index in [9.17, 15) is 9.65 Å². The van der Waals surface area contributed by atoms with E-state index in [4.69, 9.17) is 15.2 Å². The molecule has 0 unspecified atom stereocenters. The number of fused-ring (bicyclic) bond motifs is 1. The zero-order valence-electron chi connectivity index (χ0n) is 19.0. The van der Waals surface area contributed by atoms with Crippen LogP contribution in [0.1, 0.15) is 36.8 Å². The third kappa shape index (κ3) is 4.10. The average molecular weight is 471 g/mol. The fourth-order valence-corrected chi connectivity index (χ4v) is 4.19. The number of H-pyrrole nitrogens is 2. The summed E-state index contributed by atoms with van der Waals surface area (Å²) in [6.45, 7) is 2.78. The van der Waals surface area contributed by atoms with Gasteiger partial charge < -0.3 is 15.2 Å². The maximum Gasteiger partial charge on any atom is 0.244 e. The summed E-state index contributed by atoms with van der Waals surface area (Å²) in [5, 5.41) is 24.6. The third-order valence-electron chi connectivity index (χ3n) is 5.96. The van der Waals surface area contributed by atoms with Crippen LogP contribution in [0.15, 0.2) is 66.2 Å². The molecular formula is C26H23FN6O2. The van der Waals surface area contributed by atoms with Gasteiger partial charge in [0.1, 0.15) is 23.2 Å². The second-order valence-electron chi connectivity index (χ2n) is 8.18. The van der Waals surface area contributed by atoms with Gasteiger partial charge in [0.25, 0.3) is 0 Å². The first-order valence-electron chi connectivity index (χ1n) is 11.3. The normalized spacial score (nSPS) is 14.8. The van der Waals surface area contributed by atoms with Gasteiger partial charge in [-0.15, -0.1) is 5.10 Å². The predicted molar refractivity (Wildman–Crippen MR) is 128 cm³/mol. The first kappa shape index (κ1) is 22.2. The first-order valence-corrected chi connectivity index (χ1v) is 11.3. The molecule has 0 fully saturated rings. The number of aromatic amines is 2. The molecule has 0 spiro atoms. The highest BCUT2D eigenvalue weighted by molar-refractivity contribution is 5.74. The molecule has 0 bridgehead atoms. The van der Waals surface area contributed by atoms with Crippen LogP contribution in [0.2, 0.25) is 0 Å². The zero-order valence-corrected chi connectivity index (χ0v) is 19.0. The van der Waals surface area contributed by atoms with Crippen LogP contribution in [0.5, 0.6) is 11.6 Å². The van der Waals surface area contributed by atoms with E-state index in [1.54, 1.807) is 18.3 Å². The molecule has 0 radical (unpaired) electrons. The van der Waals surface area contributed by atoms with E-state index in [2.05, 4.69) is 33.4 Å². The molecule has 9 heteroatoms. The molecule has 2 aromatic carbocycles. The molecule has 176 valence electrons. The lowest BCUT2D eigenvalue weighted by atomic mass is 9.82. The number of aromatic nitrogens is 4. The summed E-state index contributed by atoms with van der Waals surface area (Å²) in [6, 6.07) is 15.9. The lowest BCUT2D eigenvalue weighted by Gasteiger charge is -2.24. The zero-order chi connectivity index (χ0) is 24.4. The minimum Gasteiger partial charge on any atom is -0.494 e. The largest absolute Gasteiger partial charge is 0.494 e. The number of nitrogens with two attached hydrogens (primary N) is 1. The van der Waals surface area contributed by atoms with E-state index in [0.717, 1.165) is 29.7 Å². The standard InChI is InChI=1S/C26H23FN6O2/c1-2-3-12-34-18-10-6-16(7-11-18)24-22-21(19(13-28)25(29)35-26(22)33-32-24)20-14-30-31-23(20)15-4-8-17(27)9-5-15/h4-11,14,21H,2-3,12,29H2,1H3,(H,30,31)(H,32,33)/t21-/m0/s1. The minimum atomic E-state index is -0.600. The lowest BCUT2D eigenvalue weighted by Crippen LogP contribution is -2.21.